The van der Waals surface area contributed by atoms with Crippen molar-refractivity contribution in [2.45, 2.75) is 39.4 Å². The summed E-state index contributed by atoms with van der Waals surface area (Å²) in [5.41, 5.74) is 0.928. The van der Waals surface area contributed by atoms with Gasteiger partial charge in [-0.15, -0.1) is 0 Å². The van der Waals surface area contributed by atoms with Gasteiger partial charge in [-0.2, -0.15) is 0 Å². The van der Waals surface area contributed by atoms with E-state index in [1.165, 1.54) is 4.90 Å². The van der Waals surface area contributed by atoms with Crippen molar-refractivity contribution < 1.29 is 19.1 Å². The van der Waals surface area contributed by atoms with E-state index in [0.717, 1.165) is 21.8 Å². The first-order valence-corrected chi connectivity index (χ1v) is 10.1. The molecule has 1 atom stereocenters. The number of rotatable bonds is 8. The fourth-order valence-corrected chi connectivity index (χ4v) is 4.14. The highest BCUT2D eigenvalue weighted by atomic mass is 79.9. The predicted molar refractivity (Wildman–Crippen MR) is 104 cm³/mol. The number of amides is 2. The first-order chi connectivity index (χ1) is 11.9. The van der Waals surface area contributed by atoms with Crippen molar-refractivity contribution in [2.75, 3.05) is 19.8 Å². The summed E-state index contributed by atoms with van der Waals surface area (Å²) in [6.07, 6.45) is 0.469. The molecule has 1 aromatic carbocycles. The van der Waals surface area contributed by atoms with Gasteiger partial charge in [0.25, 0.3) is 5.24 Å². The molecule has 0 aliphatic carbocycles. The Labute approximate surface area is 161 Å². The van der Waals surface area contributed by atoms with Crippen molar-refractivity contribution in [2.24, 2.45) is 5.92 Å². The Morgan fingerprint density at radius 3 is 2.32 bits per heavy atom. The van der Waals surface area contributed by atoms with Crippen LogP contribution in [-0.4, -0.2) is 41.1 Å². The topological polar surface area (TPSA) is 55.8 Å². The van der Waals surface area contributed by atoms with Gasteiger partial charge in [-0.25, -0.2) is 0 Å². The summed E-state index contributed by atoms with van der Waals surface area (Å²) in [5.74, 6) is 1.47. The van der Waals surface area contributed by atoms with Crippen molar-refractivity contribution >= 4 is 38.8 Å². The van der Waals surface area contributed by atoms with E-state index in [0.29, 0.717) is 37.7 Å². The smallest absolute Gasteiger partial charge is 0.289 e. The zero-order valence-corrected chi connectivity index (χ0v) is 17.4. The Kier molecular flexibility index (Phi) is 7.19. The lowest BCUT2D eigenvalue weighted by atomic mass is 10.1. The molecule has 138 valence electrons. The van der Waals surface area contributed by atoms with Gasteiger partial charge >= 0.3 is 0 Å². The van der Waals surface area contributed by atoms with E-state index < -0.39 is 5.25 Å². The van der Waals surface area contributed by atoms with Gasteiger partial charge in [0, 0.05) is 11.0 Å². The molecular weight excluding hydrogens is 406 g/mol. The Hall–Kier alpha value is -1.21. The second-order valence-electron chi connectivity index (χ2n) is 6.18. The molecule has 0 aromatic heterocycles. The number of ether oxygens (including phenoxy) is 2. The lowest BCUT2D eigenvalue weighted by molar-refractivity contribution is -0.127. The normalized spacial score (nSPS) is 17.5. The number of benzene rings is 1. The molecule has 5 nitrogen and oxygen atoms in total. The number of carbonyl (C=O) groups is 2. The number of nitrogens with zero attached hydrogens (tertiary/aromatic N) is 1. The zero-order valence-electron chi connectivity index (χ0n) is 15.0. The molecule has 1 heterocycles. The Morgan fingerprint density at radius 1 is 1.16 bits per heavy atom. The minimum absolute atomic E-state index is 0.109. The number of imide groups is 1. The summed E-state index contributed by atoms with van der Waals surface area (Å²) in [4.78, 5) is 26.1. The molecule has 25 heavy (non-hydrogen) atoms. The van der Waals surface area contributed by atoms with E-state index >= 15 is 0 Å². The van der Waals surface area contributed by atoms with Gasteiger partial charge in [-0.05, 0) is 43.9 Å². The number of carbonyl (C=O) groups excluding carboxylic acids is 2. The number of hydrogen-bond acceptors (Lipinski definition) is 5. The van der Waals surface area contributed by atoms with Gasteiger partial charge in [0.2, 0.25) is 5.91 Å². The standard InChI is InChI=1S/C18H24BrNO4S/c1-5-23-14-7-12(13(19)9-15(14)24-6-2)8-16-17(21)20(10-11(3)4)18(22)25-16/h7,9,11,16H,5-6,8,10H2,1-4H3/t16-/m1/s1. The van der Waals surface area contributed by atoms with E-state index in [1.807, 2.05) is 39.8 Å². The van der Waals surface area contributed by atoms with Crippen LogP contribution >= 0.6 is 27.7 Å². The third-order valence-electron chi connectivity index (χ3n) is 3.67. The fraction of sp³-hybridized carbons (Fsp3) is 0.556. The van der Waals surface area contributed by atoms with Crippen LogP contribution in [0.4, 0.5) is 4.79 Å². The minimum Gasteiger partial charge on any atom is -0.490 e. The van der Waals surface area contributed by atoms with Crippen LogP contribution in [0.15, 0.2) is 16.6 Å². The van der Waals surface area contributed by atoms with Crippen LogP contribution in [0, 0.1) is 5.92 Å². The average molecular weight is 430 g/mol. The van der Waals surface area contributed by atoms with Gasteiger partial charge in [0.05, 0.1) is 18.5 Å². The largest absolute Gasteiger partial charge is 0.490 e. The third kappa shape index (κ3) is 4.91. The minimum atomic E-state index is -0.394. The number of hydrogen-bond donors (Lipinski definition) is 0. The van der Waals surface area contributed by atoms with Crippen molar-refractivity contribution in [3.8, 4) is 11.5 Å². The maximum absolute atomic E-state index is 12.6. The SMILES string of the molecule is CCOc1cc(Br)c(C[C@H]2SC(=O)N(CC(C)C)C2=O)cc1OCC. The van der Waals surface area contributed by atoms with Crippen LogP contribution in [0.3, 0.4) is 0 Å². The second kappa shape index (κ2) is 8.94. The Balaban J connectivity index is 2.21. The summed E-state index contributed by atoms with van der Waals surface area (Å²) in [5, 5.41) is -0.550. The average Bonchev–Trinajstić information content (AvgIpc) is 2.79. The van der Waals surface area contributed by atoms with Gasteiger partial charge < -0.3 is 9.47 Å². The summed E-state index contributed by atoms with van der Waals surface area (Å²) in [7, 11) is 0. The first kappa shape index (κ1) is 20.1. The molecule has 0 bridgehead atoms. The lowest BCUT2D eigenvalue weighted by Crippen LogP contribution is -2.35. The van der Waals surface area contributed by atoms with E-state index in [2.05, 4.69) is 15.9 Å². The van der Waals surface area contributed by atoms with Gasteiger partial charge in [-0.3, -0.25) is 14.5 Å². The maximum Gasteiger partial charge on any atom is 0.289 e. The molecule has 0 N–H and O–H groups in total. The third-order valence-corrected chi connectivity index (χ3v) is 5.48. The molecule has 7 heteroatoms. The highest BCUT2D eigenvalue weighted by Gasteiger charge is 2.39. The van der Waals surface area contributed by atoms with Crippen LogP contribution in [0.1, 0.15) is 33.3 Å². The van der Waals surface area contributed by atoms with Crippen molar-refractivity contribution in [1.82, 2.24) is 4.90 Å². The molecule has 1 aromatic rings. The molecule has 1 saturated heterocycles. The monoisotopic (exact) mass is 429 g/mol. The van der Waals surface area contributed by atoms with Crippen molar-refractivity contribution in [3.05, 3.63) is 22.2 Å². The maximum atomic E-state index is 12.6. The van der Waals surface area contributed by atoms with Crippen molar-refractivity contribution in [3.63, 3.8) is 0 Å². The molecule has 2 rings (SSSR count). The van der Waals surface area contributed by atoms with Crippen LogP contribution < -0.4 is 9.47 Å². The van der Waals surface area contributed by atoms with Gasteiger partial charge in [-0.1, -0.05) is 41.5 Å². The van der Waals surface area contributed by atoms with Gasteiger partial charge in [0.15, 0.2) is 11.5 Å². The predicted octanol–water partition coefficient (Wildman–Crippen LogP) is 4.51. The molecule has 2 amide bonds. The fourth-order valence-electron chi connectivity index (χ4n) is 2.63. The molecular formula is C18H24BrNO4S. The van der Waals surface area contributed by atoms with Crippen molar-refractivity contribution in [1.29, 1.82) is 0 Å². The first-order valence-electron chi connectivity index (χ1n) is 8.47. The molecule has 0 radical (unpaired) electrons. The van der Waals surface area contributed by atoms with Crippen LogP contribution in [-0.2, 0) is 11.2 Å². The molecule has 1 fully saturated rings. The van der Waals surface area contributed by atoms with Gasteiger partial charge in [0.1, 0.15) is 0 Å². The zero-order chi connectivity index (χ0) is 18.6. The van der Waals surface area contributed by atoms with E-state index in [9.17, 15) is 9.59 Å². The van der Waals surface area contributed by atoms with E-state index in [1.54, 1.807) is 0 Å². The quantitative estimate of drug-likeness (QED) is 0.608. The summed E-state index contributed by atoms with van der Waals surface area (Å²) < 4.78 is 12.1. The molecule has 1 aliphatic heterocycles. The summed E-state index contributed by atoms with van der Waals surface area (Å²) >= 11 is 4.65. The van der Waals surface area contributed by atoms with Crippen LogP contribution in [0.25, 0.3) is 0 Å². The second-order valence-corrected chi connectivity index (χ2v) is 8.18. The highest BCUT2D eigenvalue weighted by molar-refractivity contribution is 9.10. The summed E-state index contributed by atoms with van der Waals surface area (Å²) in [6.45, 7) is 9.36. The Morgan fingerprint density at radius 2 is 1.76 bits per heavy atom. The van der Waals surface area contributed by atoms with E-state index in [-0.39, 0.29) is 17.1 Å². The molecule has 0 spiro atoms. The van der Waals surface area contributed by atoms with Crippen LogP contribution in [0.5, 0.6) is 11.5 Å². The Bertz CT molecular complexity index is 650. The molecule has 0 saturated carbocycles. The van der Waals surface area contributed by atoms with Crippen LogP contribution in [0.2, 0.25) is 0 Å². The summed E-state index contributed by atoms with van der Waals surface area (Å²) in [6, 6.07) is 3.75. The highest BCUT2D eigenvalue weighted by Crippen LogP contribution is 2.37. The molecule has 0 unspecified atom stereocenters. The lowest BCUT2D eigenvalue weighted by Gasteiger charge is -2.17. The number of halogens is 1. The number of thioether (sulfide) groups is 1. The molecule has 1 aliphatic rings. The van der Waals surface area contributed by atoms with E-state index in [4.69, 9.17) is 9.47 Å².